The Balaban J connectivity index is 0.000000365. The molecule has 0 aliphatic heterocycles. The van der Waals surface area contributed by atoms with E-state index in [9.17, 15) is 28.9 Å². The summed E-state index contributed by atoms with van der Waals surface area (Å²) in [4.78, 5) is 51.2. The van der Waals surface area contributed by atoms with E-state index in [1.165, 1.54) is 41.5 Å². The molecule has 4 aromatic rings. The Labute approximate surface area is 274 Å². The van der Waals surface area contributed by atoms with Crippen LogP contribution in [-0.2, 0) is 24.5 Å². The van der Waals surface area contributed by atoms with Crippen molar-refractivity contribution in [2.75, 3.05) is 0 Å². The molecule has 0 saturated carbocycles. The number of carboxylic acids is 1. The number of rotatable bonds is 7. The van der Waals surface area contributed by atoms with Crippen LogP contribution in [0.25, 0.3) is 11.1 Å². The number of carbonyl (C=O) groups excluding carboxylic acids is 1. The number of nitrogens with zero attached hydrogens (tertiary/aromatic N) is 1. The average Bonchev–Trinajstić information content (AvgIpc) is 3.27. The van der Waals surface area contributed by atoms with E-state index < -0.39 is 53.4 Å². The molecule has 0 aromatic heterocycles. The maximum absolute atomic E-state index is 15.0. The molecule has 10 nitrogen and oxygen atoms in total. The van der Waals surface area contributed by atoms with Crippen LogP contribution in [-0.4, -0.2) is 27.2 Å². The third kappa shape index (κ3) is 7.55. The number of hydrogen-bond donors (Lipinski definition) is 3. The van der Waals surface area contributed by atoms with Crippen LogP contribution in [0.2, 0.25) is 0 Å². The van der Waals surface area contributed by atoms with E-state index in [1.54, 1.807) is 19.1 Å². The lowest BCUT2D eigenvalue weighted by molar-refractivity contribution is -0.763. The van der Waals surface area contributed by atoms with Crippen LogP contribution in [0.4, 0.5) is 8.78 Å². The summed E-state index contributed by atoms with van der Waals surface area (Å²) in [7, 11) is 0. The summed E-state index contributed by atoms with van der Waals surface area (Å²) in [5.74, 6) is -3.75. The number of nitrogens with one attached hydrogen (secondary N) is 1. The molecule has 0 heterocycles. The van der Waals surface area contributed by atoms with E-state index in [-0.39, 0.29) is 22.1 Å². The van der Waals surface area contributed by atoms with Crippen LogP contribution in [0.15, 0.2) is 65.5 Å². The minimum Gasteiger partial charge on any atom is -0.478 e. The van der Waals surface area contributed by atoms with Crippen LogP contribution in [0.3, 0.4) is 0 Å². The quantitative estimate of drug-likeness (QED) is 0.156. The summed E-state index contributed by atoms with van der Waals surface area (Å²) in [6, 6.07) is 14.9. The van der Waals surface area contributed by atoms with Gasteiger partial charge in [-0.25, -0.2) is 13.6 Å². The molecule has 250 valence electrons. The van der Waals surface area contributed by atoms with Gasteiger partial charge in [-0.3, -0.25) is 9.59 Å². The molecule has 0 unspecified atom stereocenters. The second-order valence-corrected chi connectivity index (χ2v) is 11.5. The Morgan fingerprint density at radius 1 is 0.938 bits per heavy atom. The van der Waals surface area contributed by atoms with E-state index >= 15 is 4.39 Å². The first kappa shape index (κ1) is 35.4. The Morgan fingerprint density at radius 2 is 1.58 bits per heavy atom. The smallest absolute Gasteiger partial charge is 0.338 e. The number of aliphatic hydroxyl groups is 1. The first-order valence-corrected chi connectivity index (χ1v) is 15.0. The standard InChI is InChI=1S/C28H27FN2O5.C8H7FO3/c1-15-8-10-21-23(13-25(15)32)24(11-9-19-12-16(2)17(3)18(4)26(19)21)30-28(33)22-7-5-6-20(27(22)29)14-36-31(34)35;9-7-5(4-10)2-1-3-6(7)8(11)12/h5-8,10,12-13,24H,9,11,14H2,1-4H3,(H,30,33);1-3,10H,4H2,(H,11,12)/t24-;/m0./s1. The highest BCUT2D eigenvalue weighted by Gasteiger charge is 2.27. The summed E-state index contributed by atoms with van der Waals surface area (Å²) in [5, 5.41) is 29.5. The molecule has 4 aromatic carbocycles. The maximum atomic E-state index is 15.0. The van der Waals surface area contributed by atoms with Crippen LogP contribution in [0, 0.1) is 49.4 Å². The van der Waals surface area contributed by atoms with E-state index in [0.29, 0.717) is 24.0 Å². The van der Waals surface area contributed by atoms with Crippen molar-refractivity contribution in [1.82, 2.24) is 5.32 Å². The zero-order valence-corrected chi connectivity index (χ0v) is 26.7. The number of carboxylic acid groups (broad SMARTS) is 1. The number of hydrogen-bond acceptors (Lipinski definition) is 7. The highest BCUT2D eigenvalue weighted by atomic mass is 19.1. The minimum absolute atomic E-state index is 0.00472. The van der Waals surface area contributed by atoms with Crippen molar-refractivity contribution in [2.24, 2.45) is 0 Å². The van der Waals surface area contributed by atoms with Gasteiger partial charge in [0.1, 0.15) is 18.2 Å². The van der Waals surface area contributed by atoms with E-state index in [1.807, 2.05) is 6.07 Å². The van der Waals surface area contributed by atoms with Crippen molar-refractivity contribution in [2.45, 2.75) is 59.8 Å². The summed E-state index contributed by atoms with van der Waals surface area (Å²) in [5.41, 5.74) is 6.88. The number of fused-ring (bicyclic) bond motifs is 3. The number of aryl methyl sites for hydroxylation is 3. The summed E-state index contributed by atoms with van der Waals surface area (Å²) in [6.07, 6.45) is 1.18. The van der Waals surface area contributed by atoms with Gasteiger partial charge in [-0.1, -0.05) is 42.5 Å². The van der Waals surface area contributed by atoms with Gasteiger partial charge < -0.3 is 20.4 Å². The van der Waals surface area contributed by atoms with Gasteiger partial charge in [-0.05, 0) is 103 Å². The highest BCUT2D eigenvalue weighted by Crippen LogP contribution is 2.40. The Kier molecular flexibility index (Phi) is 11.0. The number of carbonyl (C=O) groups is 2. The van der Waals surface area contributed by atoms with Crippen LogP contribution >= 0.6 is 0 Å². The van der Waals surface area contributed by atoms with Gasteiger partial charge in [0, 0.05) is 11.1 Å². The first-order valence-electron chi connectivity index (χ1n) is 15.0. The molecule has 1 atom stereocenters. The van der Waals surface area contributed by atoms with Gasteiger partial charge in [-0.2, -0.15) is 0 Å². The number of aliphatic hydroxyl groups excluding tert-OH is 1. The average molecular weight is 661 g/mol. The molecule has 12 heteroatoms. The summed E-state index contributed by atoms with van der Waals surface area (Å²) in [6.45, 7) is 6.85. The molecule has 0 radical (unpaired) electrons. The Morgan fingerprint density at radius 3 is 2.23 bits per heavy atom. The largest absolute Gasteiger partial charge is 0.478 e. The predicted molar refractivity (Wildman–Crippen MR) is 173 cm³/mol. The summed E-state index contributed by atoms with van der Waals surface area (Å²) >= 11 is 0. The number of aromatic carboxylic acids is 1. The zero-order valence-electron chi connectivity index (χ0n) is 26.7. The van der Waals surface area contributed by atoms with Crippen LogP contribution in [0.1, 0.15) is 77.7 Å². The molecule has 3 N–H and O–H groups in total. The fourth-order valence-corrected chi connectivity index (χ4v) is 5.67. The first-order chi connectivity index (χ1) is 22.7. The molecular weight excluding hydrogens is 626 g/mol. The molecule has 0 bridgehead atoms. The SMILES string of the molecule is Cc1cc2c(c(C)c1C)-c1ccc(C)c(=O)cc1[C@@H](NC(=O)c1cccc(CO[N+](=O)[O-])c1F)CC2.O=C(O)c1cccc(CO)c1F. The molecule has 1 amide bonds. The fourth-order valence-electron chi connectivity index (χ4n) is 5.67. The minimum atomic E-state index is -1.33. The van der Waals surface area contributed by atoms with Crippen molar-refractivity contribution in [3.63, 3.8) is 0 Å². The molecular formula is C36H34F2N2O8. The Hall–Kier alpha value is -5.49. The molecule has 0 spiro atoms. The lowest BCUT2D eigenvalue weighted by atomic mass is 9.88. The van der Waals surface area contributed by atoms with E-state index in [2.05, 4.69) is 37.0 Å². The number of amides is 1. The van der Waals surface area contributed by atoms with E-state index in [0.717, 1.165) is 28.3 Å². The van der Waals surface area contributed by atoms with Gasteiger partial charge in [0.2, 0.25) is 0 Å². The van der Waals surface area contributed by atoms with E-state index in [4.69, 9.17) is 10.2 Å². The lowest BCUT2D eigenvalue weighted by Gasteiger charge is -2.19. The van der Waals surface area contributed by atoms with Crippen LogP contribution in [0.5, 0.6) is 0 Å². The zero-order chi connectivity index (χ0) is 35.3. The normalized spacial score (nSPS) is 13.2. The fraction of sp³-hybridized carbons (Fsp3) is 0.250. The van der Waals surface area contributed by atoms with Crippen molar-refractivity contribution in [1.29, 1.82) is 0 Å². The van der Waals surface area contributed by atoms with Crippen molar-refractivity contribution in [3.8, 4) is 11.1 Å². The molecule has 48 heavy (non-hydrogen) atoms. The highest BCUT2D eigenvalue weighted by molar-refractivity contribution is 5.95. The van der Waals surface area contributed by atoms with Crippen molar-refractivity contribution >= 4 is 11.9 Å². The third-order valence-corrected chi connectivity index (χ3v) is 8.51. The second kappa shape index (κ2) is 14.9. The molecule has 5 rings (SSSR count). The van der Waals surface area contributed by atoms with Crippen LogP contribution < -0.4 is 10.7 Å². The summed E-state index contributed by atoms with van der Waals surface area (Å²) < 4.78 is 28.0. The van der Waals surface area contributed by atoms with Crippen molar-refractivity contribution in [3.05, 3.63) is 148 Å². The van der Waals surface area contributed by atoms with Gasteiger partial charge in [0.15, 0.2) is 5.43 Å². The molecule has 1 aliphatic rings. The second-order valence-electron chi connectivity index (χ2n) is 11.5. The van der Waals surface area contributed by atoms with Gasteiger partial charge in [0.05, 0.1) is 23.8 Å². The molecule has 0 fully saturated rings. The third-order valence-electron chi connectivity index (χ3n) is 8.51. The monoisotopic (exact) mass is 660 g/mol. The number of halogens is 2. The molecule has 1 aliphatic carbocycles. The Bertz CT molecular complexity index is 1980. The lowest BCUT2D eigenvalue weighted by Crippen LogP contribution is -2.30. The van der Waals surface area contributed by atoms with Gasteiger partial charge >= 0.3 is 5.97 Å². The van der Waals surface area contributed by atoms with Gasteiger partial charge in [-0.15, -0.1) is 10.1 Å². The topological polar surface area (TPSA) is 156 Å². The van der Waals surface area contributed by atoms with Crippen molar-refractivity contribution < 1.29 is 38.5 Å². The predicted octanol–water partition coefficient (Wildman–Crippen LogP) is 6.23. The molecule has 0 saturated heterocycles. The van der Waals surface area contributed by atoms with Gasteiger partial charge in [0.25, 0.3) is 11.0 Å². The number of benzene rings is 3. The maximum Gasteiger partial charge on any atom is 0.338 e.